The normalized spacial score (nSPS) is 35.9. The van der Waals surface area contributed by atoms with E-state index in [0.29, 0.717) is 12.5 Å². The highest BCUT2D eigenvalue weighted by molar-refractivity contribution is 5.27. The zero-order valence-corrected chi connectivity index (χ0v) is 9.10. The van der Waals surface area contributed by atoms with E-state index in [0.717, 1.165) is 25.9 Å². The highest BCUT2D eigenvalue weighted by Crippen LogP contribution is 2.31. The highest BCUT2D eigenvalue weighted by atomic mass is 16.3. The van der Waals surface area contributed by atoms with Gasteiger partial charge in [-0.1, -0.05) is 30.4 Å². The summed E-state index contributed by atoms with van der Waals surface area (Å²) in [6.07, 6.45) is 12.7. The average molecular weight is 205 g/mol. The summed E-state index contributed by atoms with van der Waals surface area (Å²) < 4.78 is 0. The second-order valence-electron chi connectivity index (χ2n) is 4.47. The molecule has 2 aliphatic rings. The van der Waals surface area contributed by atoms with Crippen molar-refractivity contribution in [2.45, 2.75) is 18.4 Å². The van der Waals surface area contributed by atoms with Crippen LogP contribution in [0, 0.1) is 5.92 Å². The van der Waals surface area contributed by atoms with E-state index in [1.807, 2.05) is 6.08 Å². The molecule has 2 atom stereocenters. The molecule has 82 valence electrons. The van der Waals surface area contributed by atoms with Crippen LogP contribution in [0.2, 0.25) is 0 Å². The van der Waals surface area contributed by atoms with Gasteiger partial charge in [0.2, 0.25) is 0 Å². The van der Waals surface area contributed by atoms with Crippen molar-refractivity contribution in [3.8, 4) is 0 Å². The summed E-state index contributed by atoms with van der Waals surface area (Å²) in [5.74, 6) is 0.445. The number of hydrogen-bond donors (Lipinski definition) is 1. The Bertz CT molecular complexity index is 295. The van der Waals surface area contributed by atoms with Crippen LogP contribution in [0.5, 0.6) is 0 Å². The van der Waals surface area contributed by atoms with Crippen molar-refractivity contribution < 1.29 is 5.11 Å². The Hall–Kier alpha value is -0.860. The fourth-order valence-corrected chi connectivity index (χ4v) is 2.50. The molecule has 0 bridgehead atoms. The first kappa shape index (κ1) is 10.7. The molecular formula is C13H19NO. The Kier molecular flexibility index (Phi) is 3.08. The first-order valence-electron chi connectivity index (χ1n) is 5.64. The van der Waals surface area contributed by atoms with Crippen LogP contribution in [0.4, 0.5) is 0 Å². The number of aliphatic hydroxyl groups excluding tert-OH is 1. The lowest BCUT2D eigenvalue weighted by molar-refractivity contribution is 0.182. The largest absolute Gasteiger partial charge is 0.396 e. The van der Waals surface area contributed by atoms with Crippen LogP contribution in [-0.2, 0) is 0 Å². The maximum Gasteiger partial charge on any atom is 0.0610 e. The Balaban J connectivity index is 2.11. The molecule has 0 aromatic heterocycles. The minimum Gasteiger partial charge on any atom is -0.396 e. The Morgan fingerprint density at radius 2 is 2.40 bits per heavy atom. The number of rotatable bonds is 3. The monoisotopic (exact) mass is 205 g/mol. The van der Waals surface area contributed by atoms with Crippen LogP contribution in [0.3, 0.4) is 0 Å². The van der Waals surface area contributed by atoms with Crippen LogP contribution in [-0.4, -0.2) is 35.2 Å². The van der Waals surface area contributed by atoms with Gasteiger partial charge in [-0.15, -0.1) is 6.58 Å². The molecule has 1 fully saturated rings. The van der Waals surface area contributed by atoms with Crippen LogP contribution in [0.15, 0.2) is 37.0 Å². The topological polar surface area (TPSA) is 23.5 Å². The van der Waals surface area contributed by atoms with Crippen LogP contribution < -0.4 is 0 Å². The molecule has 1 saturated heterocycles. The second-order valence-corrected chi connectivity index (χ2v) is 4.47. The molecule has 0 spiro atoms. The summed E-state index contributed by atoms with van der Waals surface area (Å²) in [7, 11) is 0. The standard InChI is InChI=1S/C13H19NO/c1-2-13(7-4-3-5-8-13)14-9-6-12(10-14)11-15/h2-5,7,12,15H,1,6,8-11H2/t12-,13-/m1/s1. The average Bonchev–Trinajstić information content (AvgIpc) is 2.79. The predicted molar refractivity (Wildman–Crippen MR) is 62.6 cm³/mol. The molecular weight excluding hydrogens is 186 g/mol. The van der Waals surface area contributed by atoms with Crippen molar-refractivity contribution in [1.29, 1.82) is 0 Å². The van der Waals surface area contributed by atoms with E-state index in [9.17, 15) is 0 Å². The van der Waals surface area contributed by atoms with E-state index in [4.69, 9.17) is 5.11 Å². The molecule has 2 heteroatoms. The van der Waals surface area contributed by atoms with Crippen LogP contribution in [0.1, 0.15) is 12.8 Å². The zero-order chi connectivity index (χ0) is 10.7. The lowest BCUT2D eigenvalue weighted by Gasteiger charge is -2.37. The maximum atomic E-state index is 9.15. The molecule has 1 aliphatic carbocycles. The third kappa shape index (κ3) is 1.92. The Labute approximate surface area is 91.6 Å². The lowest BCUT2D eigenvalue weighted by Crippen LogP contribution is -2.44. The number of aliphatic hydroxyl groups is 1. The summed E-state index contributed by atoms with van der Waals surface area (Å²) in [5.41, 5.74) is -0.00132. The van der Waals surface area contributed by atoms with Crippen molar-refractivity contribution >= 4 is 0 Å². The molecule has 0 radical (unpaired) electrons. The fraction of sp³-hybridized carbons (Fsp3) is 0.538. The minimum absolute atomic E-state index is 0.00132. The molecule has 0 aromatic rings. The summed E-state index contributed by atoms with van der Waals surface area (Å²) in [5, 5.41) is 9.15. The molecule has 0 saturated carbocycles. The van der Waals surface area contributed by atoms with E-state index < -0.39 is 0 Å². The summed E-state index contributed by atoms with van der Waals surface area (Å²) in [4.78, 5) is 2.43. The van der Waals surface area contributed by atoms with Gasteiger partial charge >= 0.3 is 0 Å². The van der Waals surface area contributed by atoms with Gasteiger partial charge in [0.15, 0.2) is 0 Å². The van der Waals surface area contributed by atoms with E-state index in [-0.39, 0.29) is 5.54 Å². The summed E-state index contributed by atoms with van der Waals surface area (Å²) in [6, 6.07) is 0. The van der Waals surface area contributed by atoms with E-state index >= 15 is 0 Å². The van der Waals surface area contributed by atoms with Crippen LogP contribution >= 0.6 is 0 Å². The quantitative estimate of drug-likeness (QED) is 0.709. The van der Waals surface area contributed by atoms with Gasteiger partial charge in [-0.05, 0) is 25.3 Å². The van der Waals surface area contributed by atoms with Gasteiger partial charge in [0.25, 0.3) is 0 Å². The molecule has 0 unspecified atom stereocenters. The van der Waals surface area contributed by atoms with Crippen molar-refractivity contribution in [3.63, 3.8) is 0 Å². The van der Waals surface area contributed by atoms with Gasteiger partial charge in [0, 0.05) is 13.2 Å². The molecule has 1 N–H and O–H groups in total. The number of likely N-dealkylation sites (tertiary alicyclic amines) is 1. The molecule has 2 nitrogen and oxygen atoms in total. The predicted octanol–water partition coefficient (Wildman–Crippen LogP) is 1.74. The van der Waals surface area contributed by atoms with Crippen molar-refractivity contribution in [3.05, 3.63) is 37.0 Å². The highest BCUT2D eigenvalue weighted by Gasteiger charge is 2.35. The molecule has 1 heterocycles. The van der Waals surface area contributed by atoms with E-state index in [2.05, 4.69) is 35.8 Å². The maximum absolute atomic E-state index is 9.15. The van der Waals surface area contributed by atoms with Gasteiger partial charge in [0.05, 0.1) is 5.54 Å². The molecule has 1 aliphatic heterocycles. The van der Waals surface area contributed by atoms with Crippen LogP contribution in [0.25, 0.3) is 0 Å². The third-order valence-corrected chi connectivity index (χ3v) is 3.56. The zero-order valence-electron chi connectivity index (χ0n) is 9.10. The minimum atomic E-state index is -0.00132. The second kappa shape index (κ2) is 4.33. The van der Waals surface area contributed by atoms with Crippen molar-refractivity contribution in [2.75, 3.05) is 19.7 Å². The molecule has 0 aromatic carbocycles. The SMILES string of the molecule is C=C[C@@]1(N2CC[C@@H](CO)C2)C=CC=CC1. The lowest BCUT2D eigenvalue weighted by atomic mass is 9.89. The Morgan fingerprint density at radius 1 is 1.53 bits per heavy atom. The number of allylic oxidation sites excluding steroid dienone is 2. The molecule has 0 amide bonds. The Morgan fingerprint density at radius 3 is 2.93 bits per heavy atom. The van der Waals surface area contributed by atoms with Gasteiger partial charge in [-0.2, -0.15) is 0 Å². The third-order valence-electron chi connectivity index (χ3n) is 3.56. The van der Waals surface area contributed by atoms with Crippen molar-refractivity contribution in [2.24, 2.45) is 5.92 Å². The summed E-state index contributed by atoms with van der Waals surface area (Å²) in [6.45, 7) is 6.32. The number of hydrogen-bond acceptors (Lipinski definition) is 2. The van der Waals surface area contributed by atoms with Gasteiger partial charge in [-0.3, -0.25) is 4.90 Å². The fourth-order valence-electron chi connectivity index (χ4n) is 2.50. The van der Waals surface area contributed by atoms with E-state index in [1.54, 1.807) is 0 Å². The van der Waals surface area contributed by atoms with Gasteiger partial charge in [0.1, 0.15) is 0 Å². The van der Waals surface area contributed by atoms with E-state index in [1.165, 1.54) is 0 Å². The smallest absolute Gasteiger partial charge is 0.0610 e. The molecule has 2 rings (SSSR count). The molecule has 15 heavy (non-hydrogen) atoms. The first-order chi connectivity index (χ1) is 7.30. The number of nitrogens with zero attached hydrogens (tertiary/aromatic N) is 1. The van der Waals surface area contributed by atoms with Gasteiger partial charge in [-0.25, -0.2) is 0 Å². The van der Waals surface area contributed by atoms with Gasteiger partial charge < -0.3 is 5.11 Å². The summed E-state index contributed by atoms with van der Waals surface area (Å²) >= 11 is 0. The van der Waals surface area contributed by atoms with Crippen molar-refractivity contribution in [1.82, 2.24) is 4.90 Å². The first-order valence-corrected chi connectivity index (χ1v) is 5.64.